The fraction of sp³-hybridized carbons (Fsp3) is 0.857. The number of hydrogen-bond acceptors (Lipinski definition) is 4. The van der Waals surface area contributed by atoms with Gasteiger partial charge in [-0.15, -0.1) is 0 Å². The molecule has 6 nitrogen and oxygen atoms in total. The molecule has 2 atom stereocenters. The smallest absolute Gasteiger partial charge is 0.309 e. The van der Waals surface area contributed by atoms with Crippen molar-refractivity contribution in [2.75, 3.05) is 32.8 Å². The van der Waals surface area contributed by atoms with Gasteiger partial charge in [0.15, 0.2) is 0 Å². The fourth-order valence-corrected chi connectivity index (χ4v) is 2.89. The third-order valence-corrected chi connectivity index (χ3v) is 4.52. The topological polar surface area (TPSA) is 78.9 Å². The van der Waals surface area contributed by atoms with Gasteiger partial charge in [0.25, 0.3) is 0 Å². The van der Waals surface area contributed by atoms with Crippen molar-refractivity contribution in [1.29, 1.82) is 0 Å². The van der Waals surface area contributed by atoms with Crippen molar-refractivity contribution in [1.82, 2.24) is 10.2 Å². The first-order valence-corrected chi connectivity index (χ1v) is 7.26. The number of ether oxygens (including phenoxy) is 1. The number of amides is 1. The van der Waals surface area contributed by atoms with E-state index in [4.69, 9.17) is 4.74 Å². The van der Waals surface area contributed by atoms with Crippen LogP contribution >= 0.6 is 0 Å². The minimum atomic E-state index is -0.796. The molecule has 0 aromatic heterocycles. The number of morpholine rings is 1. The summed E-state index contributed by atoms with van der Waals surface area (Å²) in [5.41, 5.74) is -0.796. The molecule has 20 heavy (non-hydrogen) atoms. The number of nitrogens with one attached hydrogen (secondary N) is 1. The van der Waals surface area contributed by atoms with Crippen LogP contribution in [0.1, 0.15) is 26.7 Å². The molecule has 0 aromatic rings. The number of carboxylic acid groups (broad SMARTS) is 1. The average molecular weight is 284 g/mol. The summed E-state index contributed by atoms with van der Waals surface area (Å²) in [5.74, 6) is -0.756. The van der Waals surface area contributed by atoms with Crippen molar-refractivity contribution in [3.8, 4) is 0 Å². The summed E-state index contributed by atoms with van der Waals surface area (Å²) in [6.07, 6.45) is 1.72. The maximum absolute atomic E-state index is 12.4. The Morgan fingerprint density at radius 2 is 2.15 bits per heavy atom. The van der Waals surface area contributed by atoms with E-state index in [1.165, 1.54) is 0 Å². The van der Waals surface area contributed by atoms with Crippen LogP contribution in [-0.2, 0) is 14.3 Å². The molecular weight excluding hydrogens is 260 g/mol. The van der Waals surface area contributed by atoms with Crippen LogP contribution in [0.5, 0.6) is 0 Å². The van der Waals surface area contributed by atoms with Gasteiger partial charge in [0.05, 0.1) is 18.6 Å². The number of carbonyl (C=O) groups excluding carboxylic acids is 1. The quantitative estimate of drug-likeness (QED) is 0.780. The molecule has 2 aliphatic heterocycles. The molecule has 2 aliphatic rings. The first-order valence-electron chi connectivity index (χ1n) is 7.26. The van der Waals surface area contributed by atoms with Gasteiger partial charge in [-0.05, 0) is 32.6 Å². The second-order valence-electron chi connectivity index (χ2n) is 6.23. The largest absolute Gasteiger partial charge is 0.481 e. The molecule has 0 aliphatic carbocycles. The average Bonchev–Trinajstić information content (AvgIpc) is 2.47. The highest BCUT2D eigenvalue weighted by Crippen LogP contribution is 2.34. The van der Waals surface area contributed by atoms with Crippen molar-refractivity contribution in [2.24, 2.45) is 11.3 Å². The Morgan fingerprint density at radius 1 is 1.40 bits per heavy atom. The summed E-state index contributed by atoms with van der Waals surface area (Å²) < 4.78 is 5.32. The van der Waals surface area contributed by atoms with Crippen LogP contribution in [-0.4, -0.2) is 60.8 Å². The molecule has 0 saturated carbocycles. The molecule has 1 amide bonds. The Kier molecular flexibility index (Phi) is 4.65. The second kappa shape index (κ2) is 6.10. The number of carbonyl (C=O) groups is 2. The highest BCUT2D eigenvalue weighted by molar-refractivity contribution is 5.82. The Balaban J connectivity index is 1.99. The van der Waals surface area contributed by atoms with E-state index in [1.54, 1.807) is 18.7 Å². The Labute approximate surface area is 119 Å². The number of rotatable bonds is 3. The molecule has 2 saturated heterocycles. The normalized spacial score (nSPS) is 28.2. The third-order valence-electron chi connectivity index (χ3n) is 4.52. The van der Waals surface area contributed by atoms with Crippen molar-refractivity contribution in [3.63, 3.8) is 0 Å². The van der Waals surface area contributed by atoms with Crippen LogP contribution in [0, 0.1) is 11.3 Å². The summed E-state index contributed by atoms with van der Waals surface area (Å²) >= 11 is 0. The molecule has 114 valence electrons. The SMILES string of the molecule is CC(C)(C(=O)O)C1CCCN(C(=O)C2COCCN2)C1. The van der Waals surface area contributed by atoms with E-state index in [0.717, 1.165) is 12.8 Å². The summed E-state index contributed by atoms with van der Waals surface area (Å²) in [5, 5.41) is 12.5. The molecule has 0 aromatic carbocycles. The first-order chi connectivity index (χ1) is 9.43. The van der Waals surface area contributed by atoms with E-state index in [2.05, 4.69) is 5.32 Å². The van der Waals surface area contributed by atoms with Gasteiger partial charge < -0.3 is 20.1 Å². The van der Waals surface area contributed by atoms with Crippen LogP contribution < -0.4 is 5.32 Å². The van der Waals surface area contributed by atoms with Crippen LogP contribution in [0.3, 0.4) is 0 Å². The van der Waals surface area contributed by atoms with Gasteiger partial charge in [-0.1, -0.05) is 0 Å². The Morgan fingerprint density at radius 3 is 2.75 bits per heavy atom. The minimum Gasteiger partial charge on any atom is -0.481 e. The van der Waals surface area contributed by atoms with E-state index >= 15 is 0 Å². The van der Waals surface area contributed by atoms with E-state index in [-0.39, 0.29) is 17.9 Å². The lowest BCUT2D eigenvalue weighted by molar-refractivity contribution is -0.153. The van der Waals surface area contributed by atoms with E-state index in [9.17, 15) is 14.7 Å². The maximum atomic E-state index is 12.4. The maximum Gasteiger partial charge on any atom is 0.309 e. The lowest BCUT2D eigenvalue weighted by Crippen LogP contribution is -2.56. The summed E-state index contributed by atoms with van der Waals surface area (Å²) in [4.78, 5) is 25.6. The molecule has 2 unspecified atom stereocenters. The highest BCUT2D eigenvalue weighted by Gasteiger charge is 2.41. The lowest BCUT2D eigenvalue weighted by atomic mass is 9.74. The fourth-order valence-electron chi connectivity index (χ4n) is 2.89. The van der Waals surface area contributed by atoms with E-state index < -0.39 is 11.4 Å². The summed E-state index contributed by atoms with van der Waals surface area (Å²) in [6, 6.07) is -0.282. The monoisotopic (exact) mass is 284 g/mol. The Hall–Kier alpha value is -1.14. The predicted molar refractivity (Wildman–Crippen MR) is 73.3 cm³/mol. The van der Waals surface area contributed by atoms with Gasteiger partial charge in [-0.2, -0.15) is 0 Å². The van der Waals surface area contributed by atoms with Crippen molar-refractivity contribution < 1.29 is 19.4 Å². The van der Waals surface area contributed by atoms with Crippen molar-refractivity contribution >= 4 is 11.9 Å². The van der Waals surface area contributed by atoms with Gasteiger partial charge in [-0.3, -0.25) is 9.59 Å². The van der Waals surface area contributed by atoms with E-state index in [0.29, 0.717) is 32.8 Å². The molecule has 2 fully saturated rings. The first kappa shape index (κ1) is 15.3. The van der Waals surface area contributed by atoms with Crippen LogP contribution in [0.15, 0.2) is 0 Å². The second-order valence-corrected chi connectivity index (χ2v) is 6.23. The van der Waals surface area contributed by atoms with Crippen LogP contribution in [0.4, 0.5) is 0 Å². The van der Waals surface area contributed by atoms with Gasteiger partial charge in [0.1, 0.15) is 6.04 Å². The number of hydrogen-bond donors (Lipinski definition) is 2. The molecule has 2 N–H and O–H groups in total. The highest BCUT2D eigenvalue weighted by atomic mass is 16.5. The molecule has 0 radical (unpaired) electrons. The minimum absolute atomic E-state index is 0.00205. The molecule has 2 rings (SSSR count). The van der Waals surface area contributed by atoms with Gasteiger partial charge in [-0.25, -0.2) is 0 Å². The lowest BCUT2D eigenvalue weighted by Gasteiger charge is -2.40. The van der Waals surface area contributed by atoms with Crippen molar-refractivity contribution in [2.45, 2.75) is 32.7 Å². The van der Waals surface area contributed by atoms with Crippen LogP contribution in [0.2, 0.25) is 0 Å². The zero-order valence-corrected chi connectivity index (χ0v) is 12.2. The number of aliphatic carboxylic acids is 1. The molecule has 0 bridgehead atoms. The zero-order chi connectivity index (χ0) is 14.8. The van der Waals surface area contributed by atoms with Crippen LogP contribution in [0.25, 0.3) is 0 Å². The standard InChI is InChI=1S/C14H24N2O4/c1-14(2,13(18)19)10-4-3-6-16(8-10)12(17)11-9-20-7-5-15-11/h10-11,15H,3-9H2,1-2H3,(H,18,19). The summed E-state index contributed by atoms with van der Waals surface area (Å²) in [7, 11) is 0. The summed E-state index contributed by atoms with van der Waals surface area (Å²) in [6.45, 7) is 6.46. The molecule has 2 heterocycles. The number of carboxylic acids is 1. The van der Waals surface area contributed by atoms with Gasteiger partial charge >= 0.3 is 5.97 Å². The van der Waals surface area contributed by atoms with Gasteiger partial charge in [0, 0.05) is 19.6 Å². The number of likely N-dealkylation sites (tertiary alicyclic amines) is 1. The number of nitrogens with zero attached hydrogens (tertiary/aromatic N) is 1. The zero-order valence-electron chi connectivity index (χ0n) is 12.2. The Bertz CT molecular complexity index is 377. The number of piperidine rings is 1. The molecule has 0 spiro atoms. The van der Waals surface area contributed by atoms with E-state index in [1.807, 2.05) is 0 Å². The third kappa shape index (κ3) is 3.12. The molecular formula is C14H24N2O4. The molecule has 6 heteroatoms. The predicted octanol–water partition coefficient (Wildman–Crippen LogP) is 0.324. The van der Waals surface area contributed by atoms with Gasteiger partial charge in [0.2, 0.25) is 5.91 Å². The van der Waals surface area contributed by atoms with Crippen molar-refractivity contribution in [3.05, 3.63) is 0 Å².